The van der Waals surface area contributed by atoms with Gasteiger partial charge >= 0.3 is 0 Å². The molecule has 1 amide bonds. The summed E-state index contributed by atoms with van der Waals surface area (Å²) in [6, 6.07) is 0. The van der Waals surface area contributed by atoms with E-state index in [-0.39, 0.29) is 5.91 Å². The van der Waals surface area contributed by atoms with Crippen molar-refractivity contribution in [2.75, 3.05) is 36.8 Å². The zero-order chi connectivity index (χ0) is 14.8. The molecule has 0 aliphatic carbocycles. The minimum Gasteiger partial charge on any atom is -0.375 e. The lowest BCUT2D eigenvalue weighted by Crippen LogP contribution is -2.49. The van der Waals surface area contributed by atoms with Crippen LogP contribution < -0.4 is 10.6 Å². The van der Waals surface area contributed by atoms with Crippen molar-refractivity contribution in [1.82, 2.24) is 19.9 Å². The molecule has 1 fully saturated rings. The number of hydrogen-bond donors (Lipinski definition) is 1. The predicted octanol–water partition coefficient (Wildman–Crippen LogP) is 0.786. The molecule has 1 saturated heterocycles. The van der Waals surface area contributed by atoms with Crippen molar-refractivity contribution < 1.29 is 4.79 Å². The number of aryl methyl sites for hydroxylation is 1. The Bertz CT molecular complexity index is 635. The highest BCUT2D eigenvalue weighted by Gasteiger charge is 2.25. The van der Waals surface area contributed by atoms with E-state index in [1.165, 1.54) is 11.3 Å². The number of anilines is 2. The Balaban J connectivity index is 1.66. The molecule has 3 heterocycles. The molecule has 3 rings (SSSR count). The van der Waals surface area contributed by atoms with Crippen molar-refractivity contribution in [3.05, 3.63) is 29.2 Å². The Hall–Kier alpha value is -2.22. The second-order valence-corrected chi connectivity index (χ2v) is 5.84. The topological polar surface area (TPSA) is 88.2 Å². The van der Waals surface area contributed by atoms with E-state index in [9.17, 15) is 4.79 Å². The average Bonchev–Trinajstić information content (AvgIpc) is 2.86. The number of hydrogen-bond acceptors (Lipinski definition) is 7. The smallest absolute Gasteiger partial charge is 0.266 e. The van der Waals surface area contributed by atoms with Gasteiger partial charge in [0.05, 0.1) is 11.9 Å². The summed E-state index contributed by atoms with van der Waals surface area (Å²) < 4.78 is 0. The number of rotatable bonds is 2. The third-order valence-corrected chi connectivity index (χ3v) is 4.42. The van der Waals surface area contributed by atoms with Gasteiger partial charge in [-0.1, -0.05) is 11.3 Å². The number of carbonyl (C=O) groups is 1. The van der Waals surface area contributed by atoms with Crippen LogP contribution >= 0.6 is 11.3 Å². The summed E-state index contributed by atoms with van der Waals surface area (Å²) in [6.07, 6.45) is 5.07. The number of piperazine rings is 1. The number of nitrogen functional groups attached to an aromatic ring is 1. The maximum atomic E-state index is 12.5. The Labute approximate surface area is 126 Å². The van der Waals surface area contributed by atoms with Gasteiger partial charge in [0, 0.05) is 38.6 Å². The number of carbonyl (C=O) groups excluding carboxylic acids is 1. The van der Waals surface area contributed by atoms with Crippen LogP contribution in [0.5, 0.6) is 0 Å². The van der Waals surface area contributed by atoms with Crippen LogP contribution in [0.4, 0.5) is 10.9 Å². The van der Waals surface area contributed by atoms with Gasteiger partial charge in [-0.3, -0.25) is 9.78 Å². The first-order valence-corrected chi connectivity index (χ1v) is 7.50. The third kappa shape index (κ3) is 2.80. The molecule has 2 aromatic rings. The number of aromatic nitrogens is 3. The van der Waals surface area contributed by atoms with Crippen LogP contribution in [0.2, 0.25) is 0 Å². The summed E-state index contributed by atoms with van der Waals surface area (Å²) in [4.78, 5) is 29.5. The molecule has 2 N–H and O–H groups in total. The molecule has 0 unspecified atom stereocenters. The third-order valence-electron chi connectivity index (χ3n) is 3.45. The van der Waals surface area contributed by atoms with Crippen LogP contribution in [0, 0.1) is 6.92 Å². The van der Waals surface area contributed by atoms with Crippen molar-refractivity contribution in [2.24, 2.45) is 0 Å². The molecule has 7 nitrogen and oxygen atoms in total. The van der Waals surface area contributed by atoms with Crippen molar-refractivity contribution in [1.29, 1.82) is 0 Å². The molecule has 0 saturated carbocycles. The van der Waals surface area contributed by atoms with Crippen LogP contribution in [0.1, 0.15) is 15.4 Å². The zero-order valence-corrected chi connectivity index (χ0v) is 12.5. The summed E-state index contributed by atoms with van der Waals surface area (Å²) in [5.74, 6) is 0.864. The highest BCUT2D eigenvalue weighted by molar-refractivity contribution is 7.17. The number of nitrogens with two attached hydrogens (primary N) is 1. The van der Waals surface area contributed by atoms with Crippen LogP contribution in [-0.2, 0) is 0 Å². The van der Waals surface area contributed by atoms with E-state index >= 15 is 0 Å². The van der Waals surface area contributed by atoms with Gasteiger partial charge in [-0.15, -0.1) is 0 Å². The highest BCUT2D eigenvalue weighted by Crippen LogP contribution is 2.22. The number of amides is 1. The Morgan fingerprint density at radius 1 is 1.29 bits per heavy atom. The van der Waals surface area contributed by atoms with Crippen LogP contribution in [0.3, 0.4) is 0 Å². The summed E-state index contributed by atoms with van der Waals surface area (Å²) in [5.41, 5.74) is 6.37. The monoisotopic (exact) mass is 304 g/mol. The molecule has 21 heavy (non-hydrogen) atoms. The molecular formula is C13H16N6OS. The average molecular weight is 304 g/mol. The van der Waals surface area contributed by atoms with Crippen molar-refractivity contribution in [3.63, 3.8) is 0 Å². The molecular weight excluding hydrogens is 288 g/mol. The SMILES string of the molecule is Cc1nc(N)sc1C(=O)N1CCN(c2cnccn2)CC1. The molecule has 8 heteroatoms. The van der Waals surface area contributed by atoms with Gasteiger partial charge < -0.3 is 15.5 Å². The maximum absolute atomic E-state index is 12.5. The minimum absolute atomic E-state index is 0.0143. The number of thiazole rings is 1. The molecule has 0 radical (unpaired) electrons. The lowest BCUT2D eigenvalue weighted by atomic mass is 10.2. The second-order valence-electron chi connectivity index (χ2n) is 4.81. The van der Waals surface area contributed by atoms with Gasteiger partial charge in [0.1, 0.15) is 10.7 Å². The van der Waals surface area contributed by atoms with E-state index < -0.39 is 0 Å². The molecule has 0 spiro atoms. The van der Waals surface area contributed by atoms with Crippen LogP contribution in [0.15, 0.2) is 18.6 Å². The largest absolute Gasteiger partial charge is 0.375 e. The van der Waals surface area contributed by atoms with Gasteiger partial charge in [0.25, 0.3) is 5.91 Å². The van der Waals surface area contributed by atoms with Gasteiger partial charge in [-0.2, -0.15) is 0 Å². The van der Waals surface area contributed by atoms with E-state index in [2.05, 4.69) is 19.9 Å². The van der Waals surface area contributed by atoms with E-state index in [1.54, 1.807) is 18.6 Å². The fraction of sp³-hybridized carbons (Fsp3) is 0.385. The molecule has 1 aliphatic heterocycles. The van der Waals surface area contributed by atoms with E-state index in [4.69, 9.17) is 5.73 Å². The Morgan fingerprint density at radius 3 is 2.62 bits per heavy atom. The minimum atomic E-state index is 0.0143. The summed E-state index contributed by atoms with van der Waals surface area (Å²) in [5, 5.41) is 0.439. The fourth-order valence-corrected chi connectivity index (χ4v) is 3.15. The highest BCUT2D eigenvalue weighted by atomic mass is 32.1. The zero-order valence-electron chi connectivity index (χ0n) is 11.7. The standard InChI is InChI=1S/C13H16N6OS/c1-9-11(21-13(14)17-9)12(20)19-6-4-18(5-7-19)10-8-15-2-3-16-10/h2-3,8H,4-7H2,1H3,(H2,14,17). The lowest BCUT2D eigenvalue weighted by Gasteiger charge is -2.35. The van der Waals surface area contributed by atoms with Gasteiger partial charge in [-0.25, -0.2) is 9.97 Å². The molecule has 2 aromatic heterocycles. The van der Waals surface area contributed by atoms with E-state index in [1.807, 2.05) is 11.8 Å². The fourth-order valence-electron chi connectivity index (χ4n) is 2.35. The predicted molar refractivity (Wildman–Crippen MR) is 81.4 cm³/mol. The summed E-state index contributed by atoms with van der Waals surface area (Å²) >= 11 is 1.25. The van der Waals surface area contributed by atoms with E-state index in [0.717, 1.165) is 18.9 Å². The van der Waals surface area contributed by atoms with Crippen molar-refractivity contribution >= 4 is 28.2 Å². The van der Waals surface area contributed by atoms with Crippen LogP contribution in [0.25, 0.3) is 0 Å². The van der Waals surface area contributed by atoms with E-state index in [0.29, 0.717) is 28.8 Å². The molecule has 0 bridgehead atoms. The summed E-state index contributed by atoms with van der Waals surface area (Å²) in [7, 11) is 0. The first kappa shape index (κ1) is 13.7. The van der Waals surface area contributed by atoms with Gasteiger partial charge in [-0.05, 0) is 6.92 Å². The molecule has 0 atom stereocenters. The van der Waals surface area contributed by atoms with Crippen molar-refractivity contribution in [3.8, 4) is 0 Å². The maximum Gasteiger partial charge on any atom is 0.266 e. The van der Waals surface area contributed by atoms with Gasteiger partial charge in [0.15, 0.2) is 5.13 Å². The normalized spacial score (nSPS) is 15.3. The second kappa shape index (κ2) is 5.65. The molecule has 110 valence electrons. The Morgan fingerprint density at radius 2 is 2.05 bits per heavy atom. The summed E-state index contributed by atoms with van der Waals surface area (Å²) in [6.45, 7) is 4.63. The van der Waals surface area contributed by atoms with Crippen molar-refractivity contribution in [2.45, 2.75) is 6.92 Å². The number of nitrogens with zero attached hydrogens (tertiary/aromatic N) is 5. The first-order valence-electron chi connectivity index (χ1n) is 6.68. The molecule has 0 aromatic carbocycles. The lowest BCUT2D eigenvalue weighted by molar-refractivity contribution is 0.0750. The van der Waals surface area contributed by atoms with Crippen LogP contribution in [-0.4, -0.2) is 51.9 Å². The first-order chi connectivity index (χ1) is 10.1. The van der Waals surface area contributed by atoms with Gasteiger partial charge in [0.2, 0.25) is 0 Å². The molecule has 1 aliphatic rings. The quantitative estimate of drug-likeness (QED) is 0.882. The Kier molecular flexibility index (Phi) is 3.70.